The monoisotopic (exact) mass is 671 g/mol. The van der Waals surface area contributed by atoms with Gasteiger partial charge >= 0.3 is 0 Å². The predicted molar refractivity (Wildman–Crippen MR) is 186 cm³/mol. The van der Waals surface area contributed by atoms with Gasteiger partial charge in [-0.05, 0) is 37.1 Å². The Bertz CT molecular complexity index is 1320. The van der Waals surface area contributed by atoms with E-state index in [0.717, 1.165) is 12.8 Å². The van der Waals surface area contributed by atoms with Gasteiger partial charge in [0, 0.05) is 75.2 Å². The van der Waals surface area contributed by atoms with Crippen LogP contribution in [0, 0.1) is 0 Å². The number of phenolic OH excluding ortho intramolecular Hbond substituents is 2. The fourth-order valence-corrected chi connectivity index (χ4v) is 4.04. The number of methoxy groups -OCH3 is 2. The Kier molecular flexibility index (Phi) is 18.4. The van der Waals surface area contributed by atoms with Crippen molar-refractivity contribution in [3.63, 3.8) is 0 Å². The van der Waals surface area contributed by atoms with E-state index in [9.17, 15) is 10.2 Å². The minimum absolute atomic E-state index is 0.0325. The summed E-state index contributed by atoms with van der Waals surface area (Å²) >= 11 is 0. The number of nitrogen functional groups attached to an aromatic ring is 1. The number of phenols is 2. The highest BCUT2D eigenvalue weighted by Gasteiger charge is 2.09. The van der Waals surface area contributed by atoms with Crippen molar-refractivity contribution in [2.75, 3.05) is 115 Å². The van der Waals surface area contributed by atoms with E-state index in [-0.39, 0.29) is 11.5 Å². The third-order valence-corrected chi connectivity index (χ3v) is 6.52. The Labute approximate surface area is 281 Å². The first-order valence-corrected chi connectivity index (χ1v) is 15.9. The summed E-state index contributed by atoms with van der Waals surface area (Å²) in [4.78, 5) is 13.5. The highest BCUT2D eigenvalue weighted by molar-refractivity contribution is 5.77. The zero-order valence-corrected chi connectivity index (χ0v) is 27.8. The molecule has 0 aliphatic rings. The lowest BCUT2D eigenvalue weighted by Crippen LogP contribution is -2.15. The van der Waals surface area contributed by atoms with Crippen molar-refractivity contribution in [2.45, 2.75) is 12.8 Å². The molecule has 0 saturated carbocycles. The van der Waals surface area contributed by atoms with Gasteiger partial charge in [0.05, 0.1) is 52.9 Å². The van der Waals surface area contributed by atoms with Crippen LogP contribution in [-0.2, 0) is 28.4 Å². The van der Waals surface area contributed by atoms with E-state index < -0.39 is 0 Å². The van der Waals surface area contributed by atoms with Gasteiger partial charge in [-0.15, -0.1) is 0 Å². The number of nitrogens with two attached hydrogens (primary N) is 1. The molecule has 0 atom stereocenters. The van der Waals surface area contributed by atoms with Gasteiger partial charge < -0.3 is 60.3 Å². The van der Waals surface area contributed by atoms with Gasteiger partial charge in [0.25, 0.3) is 0 Å². The first-order chi connectivity index (χ1) is 23.5. The summed E-state index contributed by atoms with van der Waals surface area (Å²) in [6, 6.07) is 9.97. The second-order valence-electron chi connectivity index (χ2n) is 10.4. The Balaban J connectivity index is 1.55. The second kappa shape index (κ2) is 23.1. The SMILES string of the molecule is COCCOCCOCCCNc1nc(NCCCOCCOCCOC)nc(Nc2ccc(/C=C/c3ccc(N)cc3O)c(O)c2)n1. The van der Waals surface area contributed by atoms with Crippen molar-refractivity contribution in [3.8, 4) is 11.5 Å². The molecular weight excluding hydrogens is 622 g/mol. The van der Waals surface area contributed by atoms with Crippen molar-refractivity contribution in [1.82, 2.24) is 15.0 Å². The number of rotatable bonds is 26. The molecule has 0 aliphatic heterocycles. The summed E-state index contributed by atoms with van der Waals surface area (Å²) < 4.78 is 31.9. The number of anilines is 5. The van der Waals surface area contributed by atoms with Crippen molar-refractivity contribution >= 4 is 41.4 Å². The molecule has 0 saturated heterocycles. The number of benzene rings is 2. The normalized spacial score (nSPS) is 11.3. The molecule has 1 heterocycles. The third-order valence-electron chi connectivity index (χ3n) is 6.52. The molecule has 0 radical (unpaired) electrons. The third kappa shape index (κ3) is 15.6. The fraction of sp³-hybridized carbons (Fsp3) is 0.485. The molecule has 0 spiro atoms. The maximum absolute atomic E-state index is 10.7. The van der Waals surface area contributed by atoms with Gasteiger partial charge in [-0.2, -0.15) is 15.0 Å². The van der Waals surface area contributed by atoms with Crippen molar-refractivity contribution in [3.05, 3.63) is 47.5 Å². The molecule has 3 rings (SSSR count). The Morgan fingerprint density at radius 2 is 1.06 bits per heavy atom. The van der Waals surface area contributed by atoms with E-state index in [2.05, 4.69) is 30.9 Å². The van der Waals surface area contributed by atoms with E-state index in [4.69, 9.17) is 34.2 Å². The molecule has 15 nitrogen and oxygen atoms in total. The number of hydrogen-bond donors (Lipinski definition) is 6. The zero-order chi connectivity index (χ0) is 34.2. The van der Waals surface area contributed by atoms with E-state index >= 15 is 0 Å². The molecular formula is C33H49N7O8. The van der Waals surface area contributed by atoms with Crippen LogP contribution in [0.4, 0.5) is 29.2 Å². The van der Waals surface area contributed by atoms with Gasteiger partial charge in [-0.3, -0.25) is 0 Å². The molecule has 7 N–H and O–H groups in total. The van der Waals surface area contributed by atoms with Crippen molar-refractivity contribution in [1.29, 1.82) is 0 Å². The number of ether oxygens (including phenoxy) is 6. The lowest BCUT2D eigenvalue weighted by molar-refractivity contribution is 0.0248. The van der Waals surface area contributed by atoms with Crippen molar-refractivity contribution < 1.29 is 38.6 Å². The maximum Gasteiger partial charge on any atom is 0.233 e. The molecule has 0 bridgehead atoms. The summed E-state index contributed by atoms with van der Waals surface area (Å²) in [6.07, 6.45) is 4.87. The maximum atomic E-state index is 10.7. The zero-order valence-electron chi connectivity index (χ0n) is 27.8. The highest BCUT2D eigenvalue weighted by atomic mass is 16.5. The van der Waals surface area contributed by atoms with E-state index in [1.165, 1.54) is 6.07 Å². The number of hydrogen-bond acceptors (Lipinski definition) is 15. The molecule has 0 fully saturated rings. The topological polar surface area (TPSA) is 197 Å². The molecule has 0 unspecified atom stereocenters. The number of nitrogens with zero attached hydrogens (tertiary/aromatic N) is 3. The van der Waals surface area contributed by atoms with Crippen LogP contribution in [0.2, 0.25) is 0 Å². The lowest BCUT2D eigenvalue weighted by Gasteiger charge is -2.12. The van der Waals surface area contributed by atoms with Crippen LogP contribution in [0.25, 0.3) is 12.2 Å². The highest BCUT2D eigenvalue weighted by Crippen LogP contribution is 2.28. The summed E-state index contributed by atoms with van der Waals surface area (Å²) in [5, 5.41) is 30.4. The van der Waals surface area contributed by atoms with Gasteiger partial charge in [0.2, 0.25) is 17.8 Å². The largest absolute Gasteiger partial charge is 0.507 e. The Morgan fingerprint density at radius 1 is 0.604 bits per heavy atom. The van der Waals surface area contributed by atoms with E-state index in [0.29, 0.717) is 120 Å². The standard InChI is InChI=1S/C33H49N7O8/c1-43-15-17-47-21-19-45-13-3-11-35-31-38-32(36-12-4-14-46-20-22-48-18-16-44-2)40-33(39-31)37-28-10-8-26(30(42)24-28)6-5-25-7-9-27(34)23-29(25)41/h5-10,23-24,41-42H,3-4,11-22,34H2,1-2H3,(H3,35,36,37,38,39,40)/b6-5+. The van der Waals surface area contributed by atoms with Gasteiger partial charge in [-0.25, -0.2) is 0 Å². The first kappa shape index (κ1) is 38.2. The predicted octanol–water partition coefficient (Wildman–Crippen LogP) is 3.74. The van der Waals surface area contributed by atoms with Crippen LogP contribution >= 0.6 is 0 Å². The smallest absolute Gasteiger partial charge is 0.233 e. The summed E-state index contributed by atoms with van der Waals surface area (Å²) in [5.74, 6) is 1.15. The second-order valence-corrected chi connectivity index (χ2v) is 10.4. The molecule has 3 aromatic rings. The van der Waals surface area contributed by atoms with Crippen LogP contribution < -0.4 is 21.7 Å². The lowest BCUT2D eigenvalue weighted by atomic mass is 10.1. The molecule has 0 amide bonds. The van der Waals surface area contributed by atoms with Gasteiger partial charge in [-0.1, -0.05) is 12.2 Å². The number of aromatic hydroxyl groups is 2. The Hall–Kier alpha value is -4.25. The van der Waals surface area contributed by atoms with Crippen LogP contribution in [0.1, 0.15) is 24.0 Å². The quantitative estimate of drug-likeness (QED) is 0.0410. The van der Waals surface area contributed by atoms with Crippen LogP contribution in [0.15, 0.2) is 36.4 Å². The van der Waals surface area contributed by atoms with Gasteiger partial charge in [0.15, 0.2) is 0 Å². The summed E-state index contributed by atoms with van der Waals surface area (Å²) in [5.41, 5.74) is 7.88. The van der Waals surface area contributed by atoms with E-state index in [1.807, 2.05) is 0 Å². The van der Waals surface area contributed by atoms with Gasteiger partial charge in [0.1, 0.15) is 11.5 Å². The summed E-state index contributed by atoms with van der Waals surface area (Å²) in [7, 11) is 3.27. The summed E-state index contributed by atoms with van der Waals surface area (Å²) in [6.45, 7) is 6.52. The minimum Gasteiger partial charge on any atom is -0.507 e. The molecule has 48 heavy (non-hydrogen) atoms. The average Bonchev–Trinajstić information content (AvgIpc) is 3.07. The van der Waals surface area contributed by atoms with Crippen LogP contribution in [-0.4, -0.2) is 119 Å². The minimum atomic E-state index is 0.0325. The van der Waals surface area contributed by atoms with Crippen LogP contribution in [0.5, 0.6) is 11.5 Å². The molecule has 2 aromatic carbocycles. The molecule has 15 heteroatoms. The number of aromatic nitrogens is 3. The van der Waals surface area contributed by atoms with Crippen molar-refractivity contribution in [2.24, 2.45) is 0 Å². The van der Waals surface area contributed by atoms with E-state index in [1.54, 1.807) is 56.7 Å². The first-order valence-electron chi connectivity index (χ1n) is 15.9. The molecule has 0 aliphatic carbocycles. The average molecular weight is 672 g/mol. The number of nitrogens with one attached hydrogen (secondary N) is 3. The molecule has 1 aromatic heterocycles. The van der Waals surface area contributed by atoms with Crippen LogP contribution in [0.3, 0.4) is 0 Å². The Morgan fingerprint density at radius 3 is 1.56 bits per heavy atom. The fourth-order valence-electron chi connectivity index (χ4n) is 4.04. The molecule has 264 valence electrons.